The van der Waals surface area contributed by atoms with Crippen molar-refractivity contribution in [3.63, 3.8) is 0 Å². The van der Waals surface area contributed by atoms with Crippen molar-refractivity contribution < 1.29 is 48.0 Å². The van der Waals surface area contributed by atoms with E-state index >= 15 is 0 Å². The number of carbonyl (C=O) groups is 5. The van der Waals surface area contributed by atoms with Gasteiger partial charge in [-0.15, -0.1) is 11.8 Å². The zero-order chi connectivity index (χ0) is 25.3. The van der Waals surface area contributed by atoms with Crippen molar-refractivity contribution in [1.82, 2.24) is 10.6 Å². The number of hydrogen-bond donors (Lipinski definition) is 3. The maximum atomic E-state index is 12.0. The van der Waals surface area contributed by atoms with E-state index in [0.29, 0.717) is 0 Å². The number of aliphatic carboxylic acids is 1. The van der Waals surface area contributed by atoms with Crippen LogP contribution in [0.25, 0.3) is 0 Å². The number of alkyl carbamates (subject to hydrolysis) is 1. The van der Waals surface area contributed by atoms with Crippen molar-refractivity contribution in [1.29, 1.82) is 0 Å². The first-order chi connectivity index (χ1) is 15.2. The molecule has 0 spiro atoms. The molecular weight excluding hydrogens is 460 g/mol. The molecule has 1 rings (SSSR count). The number of esters is 2. The third-order valence-corrected chi connectivity index (χ3v) is 5.35. The van der Waals surface area contributed by atoms with Crippen molar-refractivity contribution in [3.05, 3.63) is 0 Å². The summed E-state index contributed by atoms with van der Waals surface area (Å²) in [6.45, 7) is 8.54. The monoisotopic (exact) mass is 492 g/mol. The first-order valence-electron chi connectivity index (χ1n) is 10.2. The summed E-state index contributed by atoms with van der Waals surface area (Å²) in [5.41, 5.74) is -1.68. The summed E-state index contributed by atoms with van der Waals surface area (Å²) < 4.78 is 21.4. The molecule has 1 aliphatic heterocycles. The Morgan fingerprint density at radius 3 is 2.24 bits per heavy atom. The Hall–Kier alpha value is -2.54. The fourth-order valence-corrected chi connectivity index (χ4v) is 4.21. The van der Waals surface area contributed by atoms with Gasteiger partial charge in [-0.3, -0.25) is 14.4 Å². The number of carboxylic acids is 1. The van der Waals surface area contributed by atoms with Crippen LogP contribution in [-0.4, -0.2) is 82.7 Å². The molecule has 0 bridgehead atoms. The van der Waals surface area contributed by atoms with Gasteiger partial charge in [0.15, 0.2) is 0 Å². The van der Waals surface area contributed by atoms with Gasteiger partial charge in [-0.05, 0) is 20.8 Å². The summed E-state index contributed by atoms with van der Waals surface area (Å²) in [4.78, 5) is 58.2. The molecule has 0 aromatic carbocycles. The lowest BCUT2D eigenvalue weighted by atomic mass is 10.0. The predicted octanol–water partition coefficient (Wildman–Crippen LogP) is 0.812. The number of amides is 2. The average Bonchev–Trinajstić information content (AvgIpc) is 2.63. The van der Waals surface area contributed by atoms with Gasteiger partial charge in [-0.25, -0.2) is 9.59 Å². The number of carbonyl (C=O) groups excluding carboxylic acids is 4. The summed E-state index contributed by atoms with van der Waals surface area (Å²) in [6.07, 6.45) is -2.22. The van der Waals surface area contributed by atoms with Crippen molar-refractivity contribution in [2.24, 2.45) is 0 Å². The maximum absolute atomic E-state index is 12.0. The number of ether oxygens (including phenoxy) is 4. The Bertz CT molecular complexity index is 739. The quantitative estimate of drug-likeness (QED) is 0.308. The van der Waals surface area contributed by atoms with E-state index < -0.39 is 65.2 Å². The van der Waals surface area contributed by atoms with Crippen LogP contribution in [0.4, 0.5) is 4.79 Å². The smallest absolute Gasteiger partial charge is 0.408 e. The molecule has 1 saturated heterocycles. The molecule has 0 unspecified atom stereocenters. The van der Waals surface area contributed by atoms with Gasteiger partial charge in [0, 0.05) is 32.9 Å². The molecule has 0 aromatic rings. The summed E-state index contributed by atoms with van der Waals surface area (Å²) >= 11 is 0.993. The molecule has 1 aliphatic rings. The normalized spacial score (nSPS) is 23.6. The third kappa shape index (κ3) is 11.2. The van der Waals surface area contributed by atoms with Gasteiger partial charge in [-0.2, -0.15) is 0 Å². The number of thioether (sulfide) groups is 1. The summed E-state index contributed by atoms with van der Waals surface area (Å²) in [5.74, 6) is -2.96. The molecule has 3 N–H and O–H groups in total. The van der Waals surface area contributed by atoms with Gasteiger partial charge in [-0.1, -0.05) is 0 Å². The minimum atomic E-state index is -1.33. The van der Waals surface area contributed by atoms with E-state index in [2.05, 4.69) is 10.6 Å². The summed E-state index contributed by atoms with van der Waals surface area (Å²) in [5, 5.41) is 14.5. The van der Waals surface area contributed by atoms with Crippen molar-refractivity contribution in [3.8, 4) is 0 Å². The fourth-order valence-electron chi connectivity index (χ4n) is 2.92. The zero-order valence-corrected chi connectivity index (χ0v) is 20.4. The molecule has 5 atom stereocenters. The largest absolute Gasteiger partial charge is 0.480 e. The van der Waals surface area contributed by atoms with Crippen LogP contribution in [0.3, 0.4) is 0 Å². The summed E-state index contributed by atoms with van der Waals surface area (Å²) in [6, 6.07) is -2.13. The van der Waals surface area contributed by atoms with Gasteiger partial charge in [0.05, 0.1) is 6.10 Å². The van der Waals surface area contributed by atoms with E-state index in [1.54, 1.807) is 20.8 Å². The molecule has 2 amide bonds. The minimum Gasteiger partial charge on any atom is -0.480 e. The molecule has 188 valence electrons. The van der Waals surface area contributed by atoms with Crippen LogP contribution in [0.1, 0.15) is 48.0 Å². The molecule has 1 heterocycles. The fraction of sp³-hybridized carbons (Fsp3) is 0.750. The topological polar surface area (TPSA) is 167 Å². The second kappa shape index (κ2) is 12.6. The van der Waals surface area contributed by atoms with Gasteiger partial charge in [0.1, 0.15) is 35.8 Å². The van der Waals surface area contributed by atoms with Crippen LogP contribution in [0.5, 0.6) is 0 Å². The highest BCUT2D eigenvalue weighted by atomic mass is 32.2. The second-order valence-electron chi connectivity index (χ2n) is 8.41. The van der Waals surface area contributed by atoms with Crippen LogP contribution < -0.4 is 10.6 Å². The van der Waals surface area contributed by atoms with E-state index in [0.717, 1.165) is 11.8 Å². The van der Waals surface area contributed by atoms with E-state index in [-0.39, 0.29) is 18.8 Å². The van der Waals surface area contributed by atoms with E-state index in [1.807, 2.05) is 0 Å². The average molecular weight is 493 g/mol. The van der Waals surface area contributed by atoms with E-state index in [4.69, 9.17) is 18.9 Å². The van der Waals surface area contributed by atoms with Gasteiger partial charge >= 0.3 is 24.0 Å². The Labute approximate surface area is 196 Å². The molecule has 1 fully saturated rings. The number of nitrogens with one attached hydrogen (secondary N) is 2. The van der Waals surface area contributed by atoms with Crippen LogP contribution in [0.15, 0.2) is 0 Å². The minimum absolute atomic E-state index is 0.116. The Morgan fingerprint density at radius 2 is 1.76 bits per heavy atom. The van der Waals surface area contributed by atoms with Crippen molar-refractivity contribution in [2.75, 3.05) is 12.4 Å². The van der Waals surface area contributed by atoms with E-state index in [9.17, 15) is 29.1 Å². The van der Waals surface area contributed by atoms with Crippen LogP contribution in [0.2, 0.25) is 0 Å². The van der Waals surface area contributed by atoms with Crippen LogP contribution in [-0.2, 0) is 38.1 Å². The Balaban J connectivity index is 3.00. The lowest BCUT2D eigenvalue weighted by Gasteiger charge is -2.41. The number of carboxylic acid groups (broad SMARTS) is 1. The van der Waals surface area contributed by atoms with Gasteiger partial charge in [0.2, 0.25) is 5.91 Å². The molecule has 12 nitrogen and oxygen atoms in total. The van der Waals surface area contributed by atoms with Gasteiger partial charge < -0.3 is 34.7 Å². The highest BCUT2D eigenvalue weighted by Gasteiger charge is 2.42. The molecule has 0 aromatic heterocycles. The first kappa shape index (κ1) is 28.5. The number of rotatable bonds is 9. The second-order valence-corrected chi connectivity index (χ2v) is 9.54. The lowest BCUT2D eigenvalue weighted by Crippen LogP contribution is -2.58. The van der Waals surface area contributed by atoms with E-state index in [1.165, 1.54) is 20.8 Å². The SMILES string of the molecule is CC(=O)N[C@@H]1[C@@H](OC(C)=O)C[C@@H](COC(C)=O)O[C@H]1SC[C@H](NC(=O)OC(C)(C)C)C(=O)O. The molecular formula is C20H32N2O10S. The molecule has 0 saturated carbocycles. The van der Waals surface area contributed by atoms with Crippen LogP contribution >= 0.6 is 11.8 Å². The van der Waals surface area contributed by atoms with Gasteiger partial charge in [0.25, 0.3) is 0 Å². The highest BCUT2D eigenvalue weighted by molar-refractivity contribution is 7.99. The molecule has 0 aliphatic carbocycles. The summed E-state index contributed by atoms with van der Waals surface area (Å²) in [7, 11) is 0. The highest BCUT2D eigenvalue weighted by Crippen LogP contribution is 2.31. The predicted molar refractivity (Wildman–Crippen MR) is 116 cm³/mol. The lowest BCUT2D eigenvalue weighted by molar-refractivity contribution is -0.167. The number of hydrogen-bond acceptors (Lipinski definition) is 10. The third-order valence-electron chi connectivity index (χ3n) is 4.09. The molecule has 0 radical (unpaired) electrons. The Kier molecular flexibility index (Phi) is 10.9. The first-order valence-corrected chi connectivity index (χ1v) is 11.3. The zero-order valence-electron chi connectivity index (χ0n) is 19.5. The Morgan fingerprint density at radius 1 is 1.12 bits per heavy atom. The molecule has 33 heavy (non-hydrogen) atoms. The standard InChI is InChI=1S/C20H32N2O10S/c1-10(23)21-16-15(30-12(3)25)7-13(8-29-11(2)24)31-18(16)33-9-14(17(26)27)22-19(28)32-20(4,5)6/h13-16,18H,7-9H2,1-6H3,(H,21,23)(H,22,28)(H,26,27)/t13-,14-,15-,16+,18-/m0/s1. The van der Waals surface area contributed by atoms with Crippen LogP contribution in [0, 0.1) is 0 Å². The van der Waals surface area contributed by atoms with Crippen molar-refractivity contribution in [2.45, 2.75) is 83.3 Å². The maximum Gasteiger partial charge on any atom is 0.408 e. The van der Waals surface area contributed by atoms with Crippen molar-refractivity contribution >= 4 is 41.7 Å². The molecule has 13 heteroatoms.